The van der Waals surface area contributed by atoms with Crippen LogP contribution in [0.1, 0.15) is 0 Å². The van der Waals surface area contributed by atoms with Crippen molar-refractivity contribution >= 4 is 5.82 Å². The Labute approximate surface area is 86.2 Å². The molecule has 0 aromatic carbocycles. The number of rotatable bonds is 2. The fraction of sp³-hybridized carbons (Fsp3) is 0.111. The van der Waals surface area contributed by atoms with Crippen LogP contribution in [0.15, 0.2) is 24.5 Å². The first-order valence-electron chi connectivity index (χ1n) is 4.25. The SMILES string of the molecule is COc1ccc(-c2cnc(N)cn2)nn1. The Hall–Kier alpha value is -2.24. The first kappa shape index (κ1) is 9.32. The molecule has 0 aliphatic rings. The van der Waals surface area contributed by atoms with Crippen LogP contribution in [0.4, 0.5) is 5.82 Å². The average molecular weight is 203 g/mol. The predicted molar refractivity (Wildman–Crippen MR) is 54.0 cm³/mol. The van der Waals surface area contributed by atoms with Gasteiger partial charge in [-0.15, -0.1) is 10.2 Å². The van der Waals surface area contributed by atoms with Crippen molar-refractivity contribution in [3.63, 3.8) is 0 Å². The lowest BCUT2D eigenvalue weighted by Crippen LogP contribution is -1.96. The molecule has 6 heteroatoms. The first-order chi connectivity index (χ1) is 7.29. The molecule has 0 bridgehead atoms. The fourth-order valence-corrected chi connectivity index (χ4v) is 1.04. The van der Waals surface area contributed by atoms with E-state index in [1.54, 1.807) is 18.3 Å². The lowest BCUT2D eigenvalue weighted by molar-refractivity contribution is 0.392. The molecule has 76 valence electrons. The number of nitrogens with zero attached hydrogens (tertiary/aromatic N) is 4. The van der Waals surface area contributed by atoms with Gasteiger partial charge in [0.25, 0.3) is 0 Å². The highest BCUT2D eigenvalue weighted by atomic mass is 16.5. The third-order valence-corrected chi connectivity index (χ3v) is 1.78. The average Bonchev–Trinajstić information content (AvgIpc) is 2.30. The molecule has 0 unspecified atom stereocenters. The lowest BCUT2D eigenvalue weighted by atomic mass is 10.3. The van der Waals surface area contributed by atoms with E-state index >= 15 is 0 Å². The summed E-state index contributed by atoms with van der Waals surface area (Å²) in [6.45, 7) is 0. The van der Waals surface area contributed by atoms with Gasteiger partial charge in [0.1, 0.15) is 17.2 Å². The van der Waals surface area contributed by atoms with Gasteiger partial charge in [0.2, 0.25) is 5.88 Å². The van der Waals surface area contributed by atoms with Crippen LogP contribution in [0.25, 0.3) is 11.4 Å². The van der Waals surface area contributed by atoms with E-state index in [1.807, 2.05) is 0 Å². The van der Waals surface area contributed by atoms with Gasteiger partial charge < -0.3 is 10.5 Å². The summed E-state index contributed by atoms with van der Waals surface area (Å²) >= 11 is 0. The molecule has 0 fully saturated rings. The number of methoxy groups -OCH3 is 1. The maximum Gasteiger partial charge on any atom is 0.233 e. The Bertz CT molecular complexity index is 439. The Balaban J connectivity index is 2.33. The van der Waals surface area contributed by atoms with Crippen LogP contribution in [0, 0.1) is 0 Å². The highest BCUT2D eigenvalue weighted by molar-refractivity contribution is 5.52. The molecule has 6 nitrogen and oxygen atoms in total. The Morgan fingerprint density at radius 3 is 2.47 bits per heavy atom. The van der Waals surface area contributed by atoms with Crippen molar-refractivity contribution in [1.82, 2.24) is 20.2 Å². The summed E-state index contributed by atoms with van der Waals surface area (Å²) in [5, 5.41) is 7.76. The van der Waals surface area contributed by atoms with Crippen LogP contribution in [0.3, 0.4) is 0 Å². The van der Waals surface area contributed by atoms with Crippen LogP contribution >= 0.6 is 0 Å². The zero-order chi connectivity index (χ0) is 10.7. The highest BCUT2D eigenvalue weighted by Crippen LogP contribution is 2.14. The van der Waals surface area contributed by atoms with E-state index in [-0.39, 0.29) is 0 Å². The Morgan fingerprint density at radius 2 is 1.93 bits per heavy atom. The summed E-state index contributed by atoms with van der Waals surface area (Å²) in [5.74, 6) is 0.836. The van der Waals surface area contributed by atoms with E-state index in [1.165, 1.54) is 13.3 Å². The topological polar surface area (TPSA) is 86.8 Å². The fourth-order valence-electron chi connectivity index (χ4n) is 1.04. The molecule has 2 N–H and O–H groups in total. The van der Waals surface area contributed by atoms with Crippen molar-refractivity contribution in [2.75, 3.05) is 12.8 Å². The van der Waals surface area contributed by atoms with E-state index in [2.05, 4.69) is 20.2 Å². The molecule has 0 aliphatic heterocycles. The number of ether oxygens (including phenoxy) is 1. The molecule has 0 amide bonds. The summed E-state index contributed by atoms with van der Waals surface area (Å²) in [4.78, 5) is 7.99. The van der Waals surface area contributed by atoms with Gasteiger partial charge in [-0.3, -0.25) is 0 Å². The van der Waals surface area contributed by atoms with Gasteiger partial charge in [0.15, 0.2) is 0 Å². The van der Waals surface area contributed by atoms with Crippen LogP contribution in [0.2, 0.25) is 0 Å². The standard InChI is InChI=1S/C9H9N5O/c1-15-9-3-2-6(13-14-9)7-4-12-8(10)5-11-7/h2-5H,1H3,(H2,10,12). The van der Waals surface area contributed by atoms with Crippen molar-refractivity contribution in [3.8, 4) is 17.3 Å². The second kappa shape index (κ2) is 3.87. The van der Waals surface area contributed by atoms with Gasteiger partial charge in [-0.05, 0) is 6.07 Å². The summed E-state index contributed by atoms with van der Waals surface area (Å²) < 4.78 is 4.89. The molecular weight excluding hydrogens is 194 g/mol. The zero-order valence-electron chi connectivity index (χ0n) is 8.08. The van der Waals surface area contributed by atoms with Gasteiger partial charge in [-0.25, -0.2) is 9.97 Å². The maximum atomic E-state index is 5.42. The molecule has 2 aromatic heterocycles. The second-order valence-corrected chi connectivity index (χ2v) is 2.79. The van der Waals surface area contributed by atoms with Gasteiger partial charge >= 0.3 is 0 Å². The summed E-state index contributed by atoms with van der Waals surface area (Å²) in [7, 11) is 1.53. The normalized spacial score (nSPS) is 9.93. The first-order valence-corrected chi connectivity index (χ1v) is 4.25. The largest absolute Gasteiger partial charge is 0.480 e. The molecule has 2 heterocycles. The Morgan fingerprint density at radius 1 is 1.07 bits per heavy atom. The second-order valence-electron chi connectivity index (χ2n) is 2.79. The van der Waals surface area contributed by atoms with Gasteiger partial charge in [-0.2, -0.15) is 0 Å². The molecule has 0 spiro atoms. The number of anilines is 1. The lowest BCUT2D eigenvalue weighted by Gasteiger charge is -2.00. The molecule has 2 rings (SSSR count). The summed E-state index contributed by atoms with van der Waals surface area (Å²) in [6.07, 6.45) is 3.02. The molecule has 0 aliphatic carbocycles. The van der Waals surface area contributed by atoms with Crippen LogP contribution in [0.5, 0.6) is 5.88 Å². The van der Waals surface area contributed by atoms with Crippen LogP contribution in [-0.2, 0) is 0 Å². The number of hydrogen-bond acceptors (Lipinski definition) is 6. The van der Waals surface area contributed by atoms with Crippen molar-refractivity contribution in [3.05, 3.63) is 24.5 Å². The summed E-state index contributed by atoms with van der Waals surface area (Å²) in [5.41, 5.74) is 6.67. The van der Waals surface area contributed by atoms with E-state index in [9.17, 15) is 0 Å². The van der Waals surface area contributed by atoms with Crippen LogP contribution in [-0.4, -0.2) is 27.3 Å². The smallest absolute Gasteiger partial charge is 0.233 e. The van der Waals surface area contributed by atoms with E-state index in [0.717, 1.165) is 0 Å². The van der Waals surface area contributed by atoms with Crippen molar-refractivity contribution in [2.45, 2.75) is 0 Å². The predicted octanol–water partition coefficient (Wildman–Crippen LogP) is 0.524. The minimum absolute atomic E-state index is 0.375. The quantitative estimate of drug-likeness (QED) is 0.765. The molecular formula is C9H9N5O. The Kier molecular flexibility index (Phi) is 2.40. The minimum Gasteiger partial charge on any atom is -0.480 e. The van der Waals surface area contributed by atoms with Gasteiger partial charge in [-0.1, -0.05) is 0 Å². The minimum atomic E-state index is 0.375. The van der Waals surface area contributed by atoms with E-state index in [0.29, 0.717) is 23.1 Å². The monoisotopic (exact) mass is 203 g/mol. The molecule has 15 heavy (non-hydrogen) atoms. The summed E-state index contributed by atoms with van der Waals surface area (Å²) in [6, 6.07) is 3.46. The molecule has 2 aromatic rings. The van der Waals surface area contributed by atoms with Crippen molar-refractivity contribution in [2.24, 2.45) is 0 Å². The number of nitrogen functional groups attached to an aromatic ring is 1. The molecule has 0 atom stereocenters. The third-order valence-electron chi connectivity index (χ3n) is 1.78. The van der Waals surface area contributed by atoms with E-state index in [4.69, 9.17) is 10.5 Å². The van der Waals surface area contributed by atoms with Gasteiger partial charge in [0, 0.05) is 6.07 Å². The molecule has 0 saturated heterocycles. The highest BCUT2D eigenvalue weighted by Gasteiger charge is 2.02. The number of aromatic nitrogens is 4. The number of hydrogen-bond donors (Lipinski definition) is 1. The van der Waals surface area contributed by atoms with Crippen molar-refractivity contribution in [1.29, 1.82) is 0 Å². The molecule has 0 radical (unpaired) electrons. The van der Waals surface area contributed by atoms with Crippen LogP contribution < -0.4 is 10.5 Å². The van der Waals surface area contributed by atoms with Crippen molar-refractivity contribution < 1.29 is 4.74 Å². The zero-order valence-corrected chi connectivity index (χ0v) is 8.08. The third kappa shape index (κ3) is 1.98. The maximum absolute atomic E-state index is 5.42. The van der Waals surface area contributed by atoms with E-state index < -0.39 is 0 Å². The number of nitrogens with two attached hydrogens (primary N) is 1. The van der Waals surface area contributed by atoms with Gasteiger partial charge in [0.05, 0.1) is 19.5 Å². The molecule has 0 saturated carbocycles.